The molecular formula is C29H33N3O4. The Morgan fingerprint density at radius 3 is 2.56 bits per heavy atom. The number of fused-ring (bicyclic) bond motifs is 1. The van der Waals surface area contributed by atoms with E-state index in [-0.39, 0.29) is 12.3 Å². The molecular weight excluding hydrogens is 454 g/mol. The zero-order chi connectivity index (χ0) is 25.5. The van der Waals surface area contributed by atoms with Gasteiger partial charge in [0.1, 0.15) is 18.2 Å². The molecule has 0 spiro atoms. The standard InChI is InChI=1S/C29H33N3O4/c1-20-9-10-21(2)26(17-20)36-16-15-32-24-8-6-5-7-23(24)31-28(32)13-14-30-29(33)19-22-11-12-25(34-3)27(18-22)35-4/h5-12,17-18H,13-16,19H2,1-4H3,(H,30,33). The minimum absolute atomic E-state index is 0.0527. The summed E-state index contributed by atoms with van der Waals surface area (Å²) in [5.41, 5.74) is 5.16. The van der Waals surface area contributed by atoms with Gasteiger partial charge in [-0.3, -0.25) is 4.79 Å². The predicted octanol–water partition coefficient (Wildman–Crippen LogP) is 4.65. The lowest BCUT2D eigenvalue weighted by Gasteiger charge is -2.13. The van der Waals surface area contributed by atoms with Crippen LogP contribution >= 0.6 is 0 Å². The van der Waals surface area contributed by atoms with Crippen LogP contribution in [0.5, 0.6) is 17.2 Å². The molecule has 3 aromatic carbocycles. The van der Waals surface area contributed by atoms with E-state index in [1.165, 1.54) is 5.56 Å². The average molecular weight is 488 g/mol. The molecule has 4 rings (SSSR count). The highest BCUT2D eigenvalue weighted by Gasteiger charge is 2.12. The highest BCUT2D eigenvalue weighted by molar-refractivity contribution is 5.79. The number of rotatable bonds is 11. The number of carbonyl (C=O) groups excluding carboxylic acids is 1. The molecule has 7 heteroatoms. The van der Waals surface area contributed by atoms with Gasteiger partial charge in [-0.05, 0) is 60.9 Å². The number of para-hydroxylation sites is 2. The number of benzene rings is 3. The number of ether oxygens (including phenoxy) is 3. The second-order valence-corrected chi connectivity index (χ2v) is 8.75. The van der Waals surface area contributed by atoms with E-state index in [1.807, 2.05) is 36.4 Å². The maximum atomic E-state index is 12.6. The fourth-order valence-electron chi connectivity index (χ4n) is 4.23. The number of hydrogen-bond donors (Lipinski definition) is 1. The molecule has 1 N–H and O–H groups in total. The summed E-state index contributed by atoms with van der Waals surface area (Å²) < 4.78 is 18.9. The van der Waals surface area contributed by atoms with Crippen LogP contribution < -0.4 is 19.5 Å². The molecule has 0 aliphatic heterocycles. The van der Waals surface area contributed by atoms with Crippen LogP contribution in [0.4, 0.5) is 0 Å². The smallest absolute Gasteiger partial charge is 0.224 e. The number of aromatic nitrogens is 2. The van der Waals surface area contributed by atoms with E-state index in [2.05, 4.69) is 48.0 Å². The van der Waals surface area contributed by atoms with Crippen LogP contribution in [0.25, 0.3) is 11.0 Å². The molecule has 0 bridgehead atoms. The zero-order valence-corrected chi connectivity index (χ0v) is 21.3. The Labute approximate surface area is 212 Å². The van der Waals surface area contributed by atoms with Crippen LogP contribution in [0.2, 0.25) is 0 Å². The maximum Gasteiger partial charge on any atom is 0.224 e. The third-order valence-electron chi connectivity index (χ3n) is 6.13. The van der Waals surface area contributed by atoms with E-state index in [0.717, 1.165) is 33.7 Å². The van der Waals surface area contributed by atoms with Gasteiger partial charge in [0.2, 0.25) is 5.91 Å². The third-order valence-corrected chi connectivity index (χ3v) is 6.13. The van der Waals surface area contributed by atoms with Gasteiger partial charge in [0.25, 0.3) is 0 Å². The van der Waals surface area contributed by atoms with E-state index < -0.39 is 0 Å². The van der Waals surface area contributed by atoms with Crippen LogP contribution in [0.3, 0.4) is 0 Å². The highest BCUT2D eigenvalue weighted by Crippen LogP contribution is 2.27. The normalized spacial score (nSPS) is 10.9. The van der Waals surface area contributed by atoms with Gasteiger partial charge >= 0.3 is 0 Å². The molecule has 0 atom stereocenters. The molecule has 0 saturated heterocycles. The molecule has 188 valence electrons. The lowest BCUT2D eigenvalue weighted by Crippen LogP contribution is -2.28. The second-order valence-electron chi connectivity index (χ2n) is 8.75. The summed E-state index contributed by atoms with van der Waals surface area (Å²) in [5, 5.41) is 3.02. The van der Waals surface area contributed by atoms with Gasteiger partial charge in [-0.2, -0.15) is 0 Å². The molecule has 0 radical (unpaired) electrons. The van der Waals surface area contributed by atoms with Crippen LogP contribution in [0.1, 0.15) is 22.5 Å². The van der Waals surface area contributed by atoms with Crippen LogP contribution in [0, 0.1) is 13.8 Å². The number of nitrogens with one attached hydrogen (secondary N) is 1. The highest BCUT2D eigenvalue weighted by atomic mass is 16.5. The zero-order valence-electron chi connectivity index (χ0n) is 21.3. The van der Waals surface area contributed by atoms with Crippen LogP contribution in [0.15, 0.2) is 60.7 Å². The fourth-order valence-corrected chi connectivity index (χ4v) is 4.23. The topological polar surface area (TPSA) is 74.6 Å². The molecule has 0 unspecified atom stereocenters. The van der Waals surface area contributed by atoms with E-state index in [1.54, 1.807) is 14.2 Å². The van der Waals surface area contributed by atoms with E-state index in [0.29, 0.717) is 37.6 Å². The summed E-state index contributed by atoms with van der Waals surface area (Å²) in [6, 6.07) is 19.8. The van der Waals surface area contributed by atoms with Gasteiger partial charge in [0, 0.05) is 13.0 Å². The lowest BCUT2D eigenvalue weighted by molar-refractivity contribution is -0.120. The van der Waals surface area contributed by atoms with E-state index in [4.69, 9.17) is 19.2 Å². The summed E-state index contributed by atoms with van der Waals surface area (Å²) in [6.07, 6.45) is 0.885. The van der Waals surface area contributed by atoms with Crippen molar-refractivity contribution < 1.29 is 19.0 Å². The number of hydrogen-bond acceptors (Lipinski definition) is 5. The molecule has 1 heterocycles. The Hall–Kier alpha value is -4.00. The van der Waals surface area contributed by atoms with Gasteiger partial charge in [-0.25, -0.2) is 4.98 Å². The predicted molar refractivity (Wildman–Crippen MR) is 141 cm³/mol. The average Bonchev–Trinajstić information content (AvgIpc) is 3.23. The number of nitrogens with zero attached hydrogens (tertiary/aromatic N) is 2. The summed E-state index contributed by atoms with van der Waals surface area (Å²) in [4.78, 5) is 17.4. The summed E-state index contributed by atoms with van der Waals surface area (Å²) >= 11 is 0. The Kier molecular flexibility index (Phi) is 8.10. The number of methoxy groups -OCH3 is 2. The maximum absolute atomic E-state index is 12.6. The van der Waals surface area contributed by atoms with Crippen LogP contribution in [-0.2, 0) is 24.2 Å². The quantitative estimate of drug-likeness (QED) is 0.333. The Morgan fingerprint density at radius 2 is 1.75 bits per heavy atom. The first-order chi connectivity index (χ1) is 17.5. The minimum Gasteiger partial charge on any atom is -0.493 e. The van der Waals surface area contributed by atoms with Gasteiger partial charge < -0.3 is 24.1 Å². The largest absolute Gasteiger partial charge is 0.493 e. The summed E-state index contributed by atoms with van der Waals surface area (Å²) in [6.45, 7) is 5.81. The van der Waals surface area contributed by atoms with Crippen molar-refractivity contribution >= 4 is 16.9 Å². The van der Waals surface area contributed by atoms with Gasteiger partial charge in [-0.15, -0.1) is 0 Å². The fraction of sp³-hybridized carbons (Fsp3) is 0.310. The number of aryl methyl sites for hydroxylation is 2. The molecule has 0 saturated carbocycles. The third kappa shape index (κ3) is 5.97. The number of carbonyl (C=O) groups is 1. The SMILES string of the molecule is COc1ccc(CC(=O)NCCc2nc3ccccc3n2CCOc2cc(C)ccc2C)cc1OC. The second kappa shape index (κ2) is 11.6. The Balaban J connectivity index is 1.38. The first-order valence-corrected chi connectivity index (χ1v) is 12.1. The molecule has 1 amide bonds. The molecule has 0 aliphatic rings. The van der Waals surface area contributed by atoms with Crippen molar-refractivity contribution in [2.45, 2.75) is 33.2 Å². The van der Waals surface area contributed by atoms with Crippen molar-refractivity contribution in [2.75, 3.05) is 27.4 Å². The first kappa shape index (κ1) is 25.1. The van der Waals surface area contributed by atoms with Crippen molar-refractivity contribution in [3.63, 3.8) is 0 Å². The van der Waals surface area contributed by atoms with Crippen molar-refractivity contribution in [3.05, 3.63) is 83.2 Å². The van der Waals surface area contributed by atoms with Crippen molar-refractivity contribution in [1.82, 2.24) is 14.9 Å². The molecule has 0 fully saturated rings. The van der Waals surface area contributed by atoms with E-state index in [9.17, 15) is 4.79 Å². The first-order valence-electron chi connectivity index (χ1n) is 12.1. The minimum atomic E-state index is -0.0527. The van der Waals surface area contributed by atoms with Crippen molar-refractivity contribution in [3.8, 4) is 17.2 Å². The molecule has 4 aromatic rings. The van der Waals surface area contributed by atoms with Gasteiger partial charge in [0.05, 0.1) is 38.2 Å². The van der Waals surface area contributed by atoms with Gasteiger partial charge in [-0.1, -0.05) is 30.3 Å². The number of amides is 1. The number of imidazole rings is 1. The molecule has 7 nitrogen and oxygen atoms in total. The van der Waals surface area contributed by atoms with Crippen molar-refractivity contribution in [1.29, 1.82) is 0 Å². The molecule has 36 heavy (non-hydrogen) atoms. The van der Waals surface area contributed by atoms with E-state index >= 15 is 0 Å². The summed E-state index contributed by atoms with van der Waals surface area (Å²) in [5.74, 6) is 3.03. The summed E-state index contributed by atoms with van der Waals surface area (Å²) in [7, 11) is 3.17. The van der Waals surface area contributed by atoms with Crippen molar-refractivity contribution in [2.24, 2.45) is 0 Å². The van der Waals surface area contributed by atoms with Gasteiger partial charge in [0.15, 0.2) is 11.5 Å². The monoisotopic (exact) mass is 487 g/mol. The Bertz CT molecular complexity index is 1350. The Morgan fingerprint density at radius 1 is 0.944 bits per heavy atom. The lowest BCUT2D eigenvalue weighted by atomic mass is 10.1. The van der Waals surface area contributed by atoms with Crippen LogP contribution in [-0.4, -0.2) is 42.8 Å². The molecule has 1 aromatic heterocycles. The molecule has 0 aliphatic carbocycles.